The van der Waals surface area contributed by atoms with Crippen molar-refractivity contribution >= 4 is 49.6 Å². The SMILES string of the molecule is C=C1/C=C\C=C/Cc2ccc(N(c3ccc(-c4cccc(-c5ccc6c(c5)c5ccccc5n6-c5ccc(-c6ccccc6)cc5)c4)cc3)c3cccc4ccccc34)cc2C1(c1ccccc1)c1ccccc1. The number of anilines is 3. The highest BCUT2D eigenvalue weighted by Gasteiger charge is 2.40. The van der Waals surface area contributed by atoms with Crippen LogP contribution in [0.3, 0.4) is 0 Å². The van der Waals surface area contributed by atoms with Crippen molar-refractivity contribution in [2.75, 3.05) is 4.90 Å². The molecule has 0 bridgehead atoms. The molecule has 350 valence electrons. The fourth-order valence-corrected chi connectivity index (χ4v) is 11.6. The molecular formula is C72H52N2. The minimum absolute atomic E-state index is 0.660. The number of hydrogen-bond donors (Lipinski definition) is 0. The Morgan fingerprint density at radius 3 is 1.69 bits per heavy atom. The van der Waals surface area contributed by atoms with Gasteiger partial charge in [-0.1, -0.05) is 231 Å². The predicted octanol–water partition coefficient (Wildman–Crippen LogP) is 19.0. The van der Waals surface area contributed by atoms with E-state index in [1.165, 1.54) is 82.6 Å². The van der Waals surface area contributed by atoms with E-state index in [-0.39, 0.29) is 0 Å². The van der Waals surface area contributed by atoms with Crippen LogP contribution in [0.25, 0.3) is 71.6 Å². The fourth-order valence-electron chi connectivity index (χ4n) is 11.6. The van der Waals surface area contributed by atoms with Gasteiger partial charge in [-0.05, 0) is 140 Å². The molecule has 1 aromatic heterocycles. The molecule has 0 unspecified atom stereocenters. The summed E-state index contributed by atoms with van der Waals surface area (Å²) >= 11 is 0. The molecule has 0 fully saturated rings. The lowest BCUT2D eigenvalue weighted by molar-refractivity contribution is 0.737. The number of para-hydroxylation sites is 1. The molecule has 0 radical (unpaired) electrons. The van der Waals surface area contributed by atoms with Gasteiger partial charge < -0.3 is 9.47 Å². The average Bonchev–Trinajstić information content (AvgIpc) is 3.86. The van der Waals surface area contributed by atoms with Crippen LogP contribution in [0.2, 0.25) is 0 Å². The Balaban J connectivity index is 0.904. The van der Waals surface area contributed by atoms with E-state index in [1.54, 1.807) is 0 Å². The average molecular weight is 945 g/mol. The second-order valence-corrected chi connectivity index (χ2v) is 19.3. The number of nitrogens with zero attached hydrogens (tertiary/aromatic N) is 2. The summed E-state index contributed by atoms with van der Waals surface area (Å²) in [6.07, 6.45) is 9.53. The molecule has 0 N–H and O–H groups in total. The monoisotopic (exact) mass is 944 g/mol. The van der Waals surface area contributed by atoms with Gasteiger partial charge in [0.25, 0.3) is 0 Å². The molecule has 11 aromatic carbocycles. The highest BCUT2D eigenvalue weighted by atomic mass is 15.1. The molecule has 2 heteroatoms. The first kappa shape index (κ1) is 44.4. The Kier molecular flexibility index (Phi) is 11.4. The molecule has 0 saturated carbocycles. The molecule has 1 aliphatic rings. The van der Waals surface area contributed by atoms with Gasteiger partial charge in [-0.25, -0.2) is 0 Å². The number of hydrogen-bond acceptors (Lipinski definition) is 1. The van der Waals surface area contributed by atoms with E-state index >= 15 is 0 Å². The zero-order valence-electron chi connectivity index (χ0n) is 41.0. The van der Waals surface area contributed by atoms with Crippen LogP contribution in [0.1, 0.15) is 22.3 Å². The van der Waals surface area contributed by atoms with E-state index in [4.69, 9.17) is 6.58 Å². The summed E-state index contributed by atoms with van der Waals surface area (Å²) in [4.78, 5) is 2.44. The molecule has 0 spiro atoms. The van der Waals surface area contributed by atoms with Crippen molar-refractivity contribution in [3.8, 4) is 39.1 Å². The van der Waals surface area contributed by atoms with Crippen molar-refractivity contribution in [1.29, 1.82) is 0 Å². The predicted molar refractivity (Wildman–Crippen MR) is 313 cm³/mol. The molecule has 1 aliphatic carbocycles. The zero-order chi connectivity index (χ0) is 49.4. The first-order valence-corrected chi connectivity index (χ1v) is 25.6. The van der Waals surface area contributed by atoms with Crippen LogP contribution >= 0.6 is 0 Å². The molecule has 13 rings (SSSR count). The lowest BCUT2D eigenvalue weighted by Crippen LogP contribution is -2.32. The number of allylic oxidation sites excluding steroid dienone is 5. The maximum absolute atomic E-state index is 4.87. The van der Waals surface area contributed by atoms with Crippen molar-refractivity contribution in [2.24, 2.45) is 0 Å². The molecule has 0 saturated heterocycles. The molecule has 0 aliphatic heterocycles. The van der Waals surface area contributed by atoms with Crippen LogP contribution in [0.5, 0.6) is 0 Å². The Labute approximate surface area is 433 Å². The van der Waals surface area contributed by atoms with Gasteiger partial charge in [0.15, 0.2) is 0 Å². The van der Waals surface area contributed by atoms with E-state index < -0.39 is 5.41 Å². The third kappa shape index (κ3) is 7.76. The summed E-state index contributed by atoms with van der Waals surface area (Å²) in [5.74, 6) is 0. The third-order valence-electron chi connectivity index (χ3n) is 15.1. The summed E-state index contributed by atoms with van der Waals surface area (Å²) in [6.45, 7) is 4.87. The number of rotatable bonds is 9. The normalized spacial score (nSPS) is 14.0. The second-order valence-electron chi connectivity index (χ2n) is 19.3. The lowest BCUT2D eigenvalue weighted by atomic mass is 9.63. The maximum Gasteiger partial charge on any atom is 0.0699 e. The summed E-state index contributed by atoms with van der Waals surface area (Å²) in [5.41, 5.74) is 19.1. The largest absolute Gasteiger partial charge is 0.310 e. The zero-order valence-corrected chi connectivity index (χ0v) is 41.0. The van der Waals surface area contributed by atoms with Crippen LogP contribution in [0.15, 0.2) is 303 Å². The molecule has 1 heterocycles. The van der Waals surface area contributed by atoms with Crippen LogP contribution in [0.4, 0.5) is 17.1 Å². The van der Waals surface area contributed by atoms with Crippen LogP contribution in [-0.4, -0.2) is 4.57 Å². The van der Waals surface area contributed by atoms with Gasteiger partial charge in [-0.2, -0.15) is 0 Å². The summed E-state index contributed by atoms with van der Waals surface area (Å²) < 4.78 is 2.39. The van der Waals surface area contributed by atoms with E-state index in [1.807, 2.05) is 0 Å². The summed E-state index contributed by atoms with van der Waals surface area (Å²) in [7, 11) is 0. The van der Waals surface area contributed by atoms with Gasteiger partial charge >= 0.3 is 0 Å². The van der Waals surface area contributed by atoms with Gasteiger partial charge in [-0.15, -0.1) is 0 Å². The van der Waals surface area contributed by atoms with Crippen LogP contribution < -0.4 is 4.90 Å². The van der Waals surface area contributed by atoms with E-state index in [2.05, 4.69) is 301 Å². The molecule has 12 aromatic rings. The number of benzene rings is 11. The van der Waals surface area contributed by atoms with E-state index in [0.717, 1.165) is 40.3 Å². The van der Waals surface area contributed by atoms with Gasteiger partial charge in [0, 0.05) is 33.2 Å². The van der Waals surface area contributed by atoms with Gasteiger partial charge in [0.2, 0.25) is 0 Å². The van der Waals surface area contributed by atoms with Crippen molar-refractivity contribution in [3.63, 3.8) is 0 Å². The highest BCUT2D eigenvalue weighted by molar-refractivity contribution is 6.10. The second kappa shape index (κ2) is 18.9. The molecular weight excluding hydrogens is 893 g/mol. The Morgan fingerprint density at radius 2 is 0.932 bits per heavy atom. The molecule has 2 nitrogen and oxygen atoms in total. The topological polar surface area (TPSA) is 8.17 Å². The van der Waals surface area contributed by atoms with E-state index in [9.17, 15) is 0 Å². The first-order valence-electron chi connectivity index (χ1n) is 25.6. The smallest absolute Gasteiger partial charge is 0.0699 e. The van der Waals surface area contributed by atoms with Gasteiger partial charge in [0.05, 0.1) is 22.1 Å². The van der Waals surface area contributed by atoms with Crippen molar-refractivity contribution in [1.82, 2.24) is 4.57 Å². The Morgan fingerprint density at radius 1 is 0.392 bits per heavy atom. The van der Waals surface area contributed by atoms with Crippen molar-refractivity contribution < 1.29 is 0 Å². The van der Waals surface area contributed by atoms with Crippen molar-refractivity contribution in [3.05, 3.63) is 326 Å². The fraction of sp³-hybridized carbons (Fsp3) is 0.0278. The number of fused-ring (bicyclic) bond motifs is 5. The van der Waals surface area contributed by atoms with E-state index in [0.29, 0.717) is 0 Å². The summed E-state index contributed by atoms with van der Waals surface area (Å²) in [5, 5.41) is 4.85. The lowest BCUT2D eigenvalue weighted by Gasteiger charge is -2.39. The van der Waals surface area contributed by atoms with Crippen LogP contribution in [0, 0.1) is 0 Å². The molecule has 0 amide bonds. The quantitative estimate of drug-likeness (QED) is 0.140. The van der Waals surface area contributed by atoms with Gasteiger partial charge in [-0.3, -0.25) is 0 Å². The highest BCUT2D eigenvalue weighted by Crippen LogP contribution is 2.50. The van der Waals surface area contributed by atoms with Crippen LogP contribution in [-0.2, 0) is 11.8 Å². The minimum atomic E-state index is -0.660. The number of aromatic nitrogens is 1. The minimum Gasteiger partial charge on any atom is -0.310 e. The molecule has 0 atom stereocenters. The summed E-state index contributed by atoms with van der Waals surface area (Å²) in [6, 6.07) is 97.6. The Hall–Kier alpha value is -9.50. The maximum atomic E-state index is 4.87. The standard InChI is InChI=1S/C72H52N2/c1-51-20-6-2-9-24-56-40-46-64(50-68(56)72(51,60-28-10-4-11-29-60)61-30-12-5-13-31-61)73(69-35-19-25-55-23-14-15-32-65(55)69)62-42-38-54(39-43-62)57-26-18-27-58(48-57)59-41-47-71-67(49-59)66-33-16-17-34-70(66)74(71)63-44-36-53(37-45-63)52-21-7-3-8-22-52/h2-23,25-50H,1,24H2/b9-2-,20-6-. The first-order chi connectivity index (χ1) is 36.6. The van der Waals surface area contributed by atoms with Crippen molar-refractivity contribution in [2.45, 2.75) is 11.8 Å². The third-order valence-corrected chi connectivity index (χ3v) is 15.1. The van der Waals surface area contributed by atoms with Gasteiger partial charge in [0.1, 0.15) is 0 Å². The Bertz CT molecular complexity index is 4040. The molecule has 74 heavy (non-hydrogen) atoms.